The molecule has 0 atom stereocenters. The van der Waals surface area contributed by atoms with Crippen molar-refractivity contribution in [1.29, 1.82) is 0 Å². The summed E-state index contributed by atoms with van der Waals surface area (Å²) in [7, 11) is 1.85. The van der Waals surface area contributed by atoms with Crippen LogP contribution in [0.5, 0.6) is 0 Å². The maximum absolute atomic E-state index is 12.2. The number of carbonyl (C=O) groups is 2. The number of nitrogens with zero attached hydrogens (tertiary/aromatic N) is 2. The molecule has 0 amide bonds. The maximum atomic E-state index is 12.2. The Kier molecular flexibility index (Phi) is 5.13. The molecule has 0 spiro atoms. The minimum Gasteiger partial charge on any atom is -0.457 e. The summed E-state index contributed by atoms with van der Waals surface area (Å²) in [6.07, 6.45) is -0.253. The van der Waals surface area contributed by atoms with Gasteiger partial charge in [-0.05, 0) is 19.9 Å². The lowest BCUT2D eigenvalue weighted by molar-refractivity contribution is -0.385. The fourth-order valence-electron chi connectivity index (χ4n) is 2.41. The van der Waals surface area contributed by atoms with E-state index in [1.807, 2.05) is 25.5 Å². The molecule has 1 aromatic heterocycles. The van der Waals surface area contributed by atoms with Crippen molar-refractivity contribution in [3.05, 3.63) is 63.0 Å². The minimum absolute atomic E-state index is 0.143. The third-order valence-corrected chi connectivity index (χ3v) is 3.96. The zero-order chi connectivity index (χ0) is 17.9. The molecule has 0 aliphatic carbocycles. The van der Waals surface area contributed by atoms with E-state index in [9.17, 15) is 19.7 Å². The van der Waals surface area contributed by atoms with Gasteiger partial charge in [0.05, 0.1) is 11.3 Å². The summed E-state index contributed by atoms with van der Waals surface area (Å²) in [5, 5.41) is 10.9. The van der Waals surface area contributed by atoms with E-state index in [0.29, 0.717) is 5.56 Å². The summed E-state index contributed by atoms with van der Waals surface area (Å²) in [5.74, 6) is -0.977. The Bertz CT molecular complexity index is 807. The normalized spacial score (nSPS) is 10.5. The van der Waals surface area contributed by atoms with Gasteiger partial charge in [-0.1, -0.05) is 18.2 Å². The highest BCUT2D eigenvalue weighted by molar-refractivity contribution is 5.99. The second-order valence-corrected chi connectivity index (χ2v) is 5.49. The number of para-hydroxylation sites is 1. The molecule has 0 bridgehead atoms. The maximum Gasteiger partial charge on any atom is 0.310 e. The van der Waals surface area contributed by atoms with Gasteiger partial charge in [0.1, 0.15) is 0 Å². The van der Waals surface area contributed by atoms with Crippen molar-refractivity contribution in [1.82, 2.24) is 4.57 Å². The second kappa shape index (κ2) is 7.08. The van der Waals surface area contributed by atoms with Crippen LogP contribution >= 0.6 is 0 Å². The number of ketones is 1. The Morgan fingerprint density at radius 3 is 2.50 bits per heavy atom. The Morgan fingerprint density at radius 2 is 1.92 bits per heavy atom. The van der Waals surface area contributed by atoms with E-state index >= 15 is 0 Å². The van der Waals surface area contributed by atoms with Gasteiger partial charge in [0.2, 0.25) is 5.78 Å². The smallest absolute Gasteiger partial charge is 0.310 e. The van der Waals surface area contributed by atoms with Gasteiger partial charge in [-0.15, -0.1) is 0 Å². The standard InChI is InChI=1S/C17H18N2O5/c1-11-8-14(12(2)18(11)3)16(20)10-24-17(21)9-13-6-4-5-7-15(13)19(22)23/h4-8H,9-10H2,1-3H3. The average molecular weight is 330 g/mol. The van der Waals surface area contributed by atoms with Crippen LogP contribution in [0.15, 0.2) is 30.3 Å². The van der Waals surface area contributed by atoms with Crippen molar-refractivity contribution >= 4 is 17.4 Å². The van der Waals surface area contributed by atoms with Crippen molar-refractivity contribution in [2.75, 3.05) is 6.61 Å². The highest BCUT2D eigenvalue weighted by Gasteiger charge is 2.19. The molecule has 2 rings (SSSR count). The van der Waals surface area contributed by atoms with E-state index in [1.54, 1.807) is 12.1 Å². The zero-order valence-electron chi connectivity index (χ0n) is 13.7. The molecular weight excluding hydrogens is 312 g/mol. The number of esters is 1. The summed E-state index contributed by atoms with van der Waals surface area (Å²) < 4.78 is 6.86. The summed E-state index contributed by atoms with van der Waals surface area (Å²) in [6.45, 7) is 3.31. The van der Waals surface area contributed by atoms with Gasteiger partial charge in [0.25, 0.3) is 5.69 Å². The molecule has 1 heterocycles. The number of Topliss-reactive ketones (excluding diaryl/α,β-unsaturated/α-hetero) is 1. The predicted octanol–water partition coefficient (Wildman–Crippen LogP) is 2.52. The van der Waals surface area contributed by atoms with Crippen molar-refractivity contribution in [3.63, 3.8) is 0 Å². The lowest BCUT2D eigenvalue weighted by Crippen LogP contribution is -2.16. The molecule has 126 valence electrons. The number of hydrogen-bond donors (Lipinski definition) is 0. The first-order valence-corrected chi connectivity index (χ1v) is 7.35. The van der Waals surface area contributed by atoms with Gasteiger partial charge in [0, 0.05) is 35.6 Å². The largest absolute Gasteiger partial charge is 0.457 e. The molecule has 0 unspecified atom stereocenters. The van der Waals surface area contributed by atoms with Crippen LogP contribution in [0.4, 0.5) is 5.69 Å². The number of benzene rings is 1. The monoisotopic (exact) mass is 330 g/mol. The number of aryl methyl sites for hydroxylation is 1. The quantitative estimate of drug-likeness (QED) is 0.351. The zero-order valence-corrected chi connectivity index (χ0v) is 13.7. The third kappa shape index (κ3) is 3.68. The number of ether oxygens (including phenoxy) is 1. The van der Waals surface area contributed by atoms with E-state index in [0.717, 1.165) is 11.4 Å². The van der Waals surface area contributed by atoms with Crippen LogP contribution < -0.4 is 0 Å². The highest BCUT2D eigenvalue weighted by Crippen LogP contribution is 2.19. The first-order chi connectivity index (χ1) is 11.3. The van der Waals surface area contributed by atoms with Crippen LogP contribution in [-0.2, 0) is 23.0 Å². The summed E-state index contributed by atoms with van der Waals surface area (Å²) in [5.41, 5.74) is 2.35. The van der Waals surface area contributed by atoms with Gasteiger partial charge in [-0.2, -0.15) is 0 Å². The molecule has 0 saturated carbocycles. The molecule has 1 aromatic carbocycles. The molecule has 7 nitrogen and oxygen atoms in total. The van der Waals surface area contributed by atoms with Crippen molar-refractivity contribution < 1.29 is 19.2 Å². The third-order valence-electron chi connectivity index (χ3n) is 3.96. The van der Waals surface area contributed by atoms with Crippen molar-refractivity contribution in [2.24, 2.45) is 7.05 Å². The second-order valence-electron chi connectivity index (χ2n) is 5.49. The fraction of sp³-hybridized carbons (Fsp3) is 0.294. The number of nitro benzene ring substituents is 1. The van der Waals surface area contributed by atoms with E-state index < -0.39 is 10.9 Å². The van der Waals surface area contributed by atoms with E-state index in [-0.39, 0.29) is 30.1 Å². The predicted molar refractivity (Wildman–Crippen MR) is 87.0 cm³/mol. The van der Waals surface area contributed by atoms with Crippen LogP contribution in [0.1, 0.15) is 27.3 Å². The molecule has 2 aromatic rings. The minimum atomic E-state index is -0.678. The molecule has 0 aliphatic rings. The molecular formula is C17H18N2O5. The van der Waals surface area contributed by atoms with Crippen LogP contribution in [0.2, 0.25) is 0 Å². The van der Waals surface area contributed by atoms with E-state index in [2.05, 4.69) is 0 Å². The Hall–Kier alpha value is -2.96. The van der Waals surface area contributed by atoms with Gasteiger partial charge < -0.3 is 9.30 Å². The molecule has 0 saturated heterocycles. The Labute approximate surface area is 139 Å². The number of nitro groups is 1. The van der Waals surface area contributed by atoms with Crippen LogP contribution in [0.3, 0.4) is 0 Å². The molecule has 0 fully saturated rings. The summed E-state index contributed by atoms with van der Waals surface area (Å²) >= 11 is 0. The van der Waals surface area contributed by atoms with Gasteiger partial charge in [-0.3, -0.25) is 19.7 Å². The Morgan fingerprint density at radius 1 is 1.25 bits per heavy atom. The van der Waals surface area contributed by atoms with Gasteiger partial charge in [0.15, 0.2) is 6.61 Å². The topological polar surface area (TPSA) is 91.4 Å². The first-order valence-electron chi connectivity index (χ1n) is 7.35. The Balaban J connectivity index is 2.00. The summed E-state index contributed by atoms with van der Waals surface area (Å²) in [4.78, 5) is 34.4. The van der Waals surface area contributed by atoms with Crippen LogP contribution in [0, 0.1) is 24.0 Å². The molecule has 0 aliphatic heterocycles. The van der Waals surface area contributed by atoms with E-state index in [4.69, 9.17) is 4.74 Å². The lowest BCUT2D eigenvalue weighted by Gasteiger charge is -2.05. The van der Waals surface area contributed by atoms with Crippen LogP contribution in [-0.4, -0.2) is 27.8 Å². The summed E-state index contributed by atoms with van der Waals surface area (Å²) in [6, 6.07) is 7.69. The molecule has 7 heteroatoms. The lowest BCUT2D eigenvalue weighted by atomic mass is 10.1. The number of carbonyl (C=O) groups excluding carboxylic acids is 2. The number of aromatic nitrogens is 1. The fourth-order valence-corrected chi connectivity index (χ4v) is 2.41. The highest BCUT2D eigenvalue weighted by atomic mass is 16.6. The van der Waals surface area contributed by atoms with Gasteiger partial charge >= 0.3 is 5.97 Å². The molecule has 0 radical (unpaired) electrons. The van der Waals surface area contributed by atoms with Gasteiger partial charge in [-0.25, -0.2) is 0 Å². The number of rotatable bonds is 6. The van der Waals surface area contributed by atoms with E-state index in [1.165, 1.54) is 18.2 Å². The average Bonchev–Trinajstić information content (AvgIpc) is 2.80. The molecule has 24 heavy (non-hydrogen) atoms. The molecule has 0 N–H and O–H groups in total. The first kappa shape index (κ1) is 17.4. The van der Waals surface area contributed by atoms with Crippen molar-refractivity contribution in [3.8, 4) is 0 Å². The number of hydrogen-bond acceptors (Lipinski definition) is 5. The van der Waals surface area contributed by atoms with Crippen LogP contribution in [0.25, 0.3) is 0 Å². The van der Waals surface area contributed by atoms with Crippen molar-refractivity contribution in [2.45, 2.75) is 20.3 Å². The SMILES string of the molecule is Cc1cc(C(=O)COC(=O)Cc2ccccc2[N+](=O)[O-])c(C)n1C.